The van der Waals surface area contributed by atoms with Gasteiger partial charge >= 0.3 is 6.09 Å². The summed E-state index contributed by atoms with van der Waals surface area (Å²) in [5, 5.41) is 17.2. The number of ether oxygens (including phenoxy) is 1. The van der Waals surface area contributed by atoms with Crippen molar-refractivity contribution < 1.29 is 9.53 Å². The van der Waals surface area contributed by atoms with Gasteiger partial charge in [-0.2, -0.15) is 5.26 Å². The Bertz CT molecular complexity index is 756. The highest BCUT2D eigenvalue weighted by Crippen LogP contribution is 2.22. The molecule has 6 nitrogen and oxygen atoms in total. The number of carbonyl (C=O) groups is 1. The maximum Gasteiger partial charge on any atom is 0.407 e. The lowest BCUT2D eigenvalue weighted by atomic mass is 10.1. The van der Waals surface area contributed by atoms with E-state index in [1.54, 1.807) is 40.1 Å². The van der Waals surface area contributed by atoms with Gasteiger partial charge in [0.15, 0.2) is 0 Å². The van der Waals surface area contributed by atoms with Crippen molar-refractivity contribution in [3.8, 4) is 6.07 Å². The van der Waals surface area contributed by atoms with E-state index in [0.29, 0.717) is 0 Å². The summed E-state index contributed by atoms with van der Waals surface area (Å²) in [5.74, 6) is 0. The molecule has 1 unspecified atom stereocenters. The molecule has 0 saturated heterocycles. The minimum Gasteiger partial charge on any atom is -0.444 e. The predicted octanol–water partition coefficient (Wildman–Crippen LogP) is 3.45. The molecule has 2 N–H and O–H groups in total. The van der Waals surface area contributed by atoms with Crippen molar-refractivity contribution in [2.75, 3.05) is 5.32 Å². The summed E-state index contributed by atoms with van der Waals surface area (Å²) in [6.07, 6.45) is 2.89. The van der Waals surface area contributed by atoms with Crippen molar-refractivity contribution in [2.24, 2.45) is 0 Å². The van der Waals surface area contributed by atoms with Crippen LogP contribution in [0.1, 0.15) is 27.7 Å². The van der Waals surface area contributed by atoms with Crippen molar-refractivity contribution in [1.82, 2.24) is 10.3 Å². The molecule has 24 heavy (non-hydrogen) atoms. The number of hydrogen-bond donors (Lipinski definition) is 2. The number of benzene rings is 1. The Kier molecular flexibility index (Phi) is 5.24. The Balaban J connectivity index is 2.11. The van der Waals surface area contributed by atoms with Crippen molar-refractivity contribution in [3.63, 3.8) is 0 Å². The van der Waals surface area contributed by atoms with Crippen LogP contribution in [-0.2, 0) is 4.74 Å². The van der Waals surface area contributed by atoms with Crippen LogP contribution < -0.4 is 10.6 Å². The Morgan fingerprint density at radius 3 is 2.67 bits per heavy atom. The van der Waals surface area contributed by atoms with Crippen LogP contribution in [0, 0.1) is 11.3 Å². The van der Waals surface area contributed by atoms with Crippen molar-refractivity contribution in [2.45, 2.75) is 45.4 Å². The number of hydrogen-bond acceptors (Lipinski definition) is 5. The number of nitriles is 1. The molecular weight excluding hydrogens is 304 g/mol. The number of carbonyl (C=O) groups excluding carboxylic acids is 1. The zero-order chi connectivity index (χ0) is 17.7. The van der Waals surface area contributed by atoms with E-state index < -0.39 is 23.8 Å². The third-order valence-corrected chi connectivity index (χ3v) is 3.36. The van der Waals surface area contributed by atoms with Gasteiger partial charge in [-0.3, -0.25) is 4.98 Å². The molecule has 0 spiro atoms. The second-order valence-electron chi connectivity index (χ2n) is 6.59. The SMILES string of the molecule is C[C@H](NC(=O)OC(C)(C)C)C(C#N)Nc1cncc2ccccc12. The van der Waals surface area contributed by atoms with Crippen LogP contribution >= 0.6 is 0 Å². The lowest BCUT2D eigenvalue weighted by molar-refractivity contribution is 0.0507. The summed E-state index contributed by atoms with van der Waals surface area (Å²) in [5.41, 5.74) is 0.163. The number of fused-ring (bicyclic) bond motifs is 1. The van der Waals surface area contributed by atoms with Crippen LogP contribution in [0.25, 0.3) is 10.8 Å². The molecule has 2 rings (SSSR count). The highest BCUT2D eigenvalue weighted by atomic mass is 16.6. The lowest BCUT2D eigenvalue weighted by Gasteiger charge is -2.25. The summed E-state index contributed by atoms with van der Waals surface area (Å²) in [4.78, 5) is 16.1. The maximum atomic E-state index is 11.9. The molecule has 1 heterocycles. The molecule has 6 heteroatoms. The van der Waals surface area contributed by atoms with E-state index in [-0.39, 0.29) is 0 Å². The fourth-order valence-electron chi connectivity index (χ4n) is 2.24. The highest BCUT2D eigenvalue weighted by Gasteiger charge is 2.23. The van der Waals surface area contributed by atoms with Gasteiger partial charge in [-0.25, -0.2) is 4.79 Å². The molecule has 1 aromatic heterocycles. The Morgan fingerprint density at radius 1 is 1.29 bits per heavy atom. The van der Waals surface area contributed by atoms with Crippen LogP contribution in [0.2, 0.25) is 0 Å². The average Bonchev–Trinajstić information content (AvgIpc) is 2.50. The van der Waals surface area contributed by atoms with Crippen molar-refractivity contribution in [3.05, 3.63) is 36.7 Å². The molecule has 1 amide bonds. The van der Waals surface area contributed by atoms with E-state index in [4.69, 9.17) is 4.74 Å². The first kappa shape index (κ1) is 17.5. The highest BCUT2D eigenvalue weighted by molar-refractivity contribution is 5.93. The van der Waals surface area contributed by atoms with Gasteiger partial charge in [-0.15, -0.1) is 0 Å². The van der Waals surface area contributed by atoms with Gasteiger partial charge in [0.2, 0.25) is 0 Å². The monoisotopic (exact) mass is 326 g/mol. The molecule has 0 aliphatic rings. The van der Waals surface area contributed by atoms with E-state index >= 15 is 0 Å². The predicted molar refractivity (Wildman–Crippen MR) is 93.6 cm³/mol. The first-order chi connectivity index (χ1) is 11.3. The number of aromatic nitrogens is 1. The summed E-state index contributed by atoms with van der Waals surface area (Å²) in [6.45, 7) is 7.13. The minimum atomic E-state index is -0.620. The van der Waals surface area contributed by atoms with E-state index in [1.165, 1.54) is 0 Å². The van der Waals surface area contributed by atoms with Crippen LogP contribution in [0.5, 0.6) is 0 Å². The quantitative estimate of drug-likeness (QED) is 0.898. The van der Waals surface area contributed by atoms with Gasteiger partial charge in [0.25, 0.3) is 0 Å². The van der Waals surface area contributed by atoms with Crippen LogP contribution in [0.15, 0.2) is 36.7 Å². The zero-order valence-electron chi connectivity index (χ0n) is 14.3. The summed E-state index contributed by atoms with van der Waals surface area (Å²) >= 11 is 0. The van der Waals surface area contributed by atoms with Gasteiger partial charge < -0.3 is 15.4 Å². The summed E-state index contributed by atoms with van der Waals surface area (Å²) in [6, 6.07) is 8.89. The summed E-state index contributed by atoms with van der Waals surface area (Å²) in [7, 11) is 0. The van der Waals surface area contributed by atoms with Crippen LogP contribution in [-0.4, -0.2) is 28.8 Å². The Morgan fingerprint density at radius 2 is 2.00 bits per heavy atom. The van der Waals surface area contributed by atoms with Gasteiger partial charge in [0, 0.05) is 17.0 Å². The van der Waals surface area contributed by atoms with E-state index in [2.05, 4.69) is 21.7 Å². The Labute approximate surface area is 141 Å². The van der Waals surface area contributed by atoms with Gasteiger partial charge in [0.05, 0.1) is 24.0 Å². The normalized spacial score (nSPS) is 13.6. The van der Waals surface area contributed by atoms with Gasteiger partial charge in [-0.05, 0) is 27.7 Å². The fourth-order valence-corrected chi connectivity index (χ4v) is 2.24. The Hall–Kier alpha value is -2.81. The molecule has 0 bridgehead atoms. The van der Waals surface area contributed by atoms with Crippen LogP contribution in [0.3, 0.4) is 0 Å². The number of amides is 1. The molecule has 0 aliphatic carbocycles. The second kappa shape index (κ2) is 7.18. The van der Waals surface area contributed by atoms with Crippen molar-refractivity contribution >= 4 is 22.6 Å². The molecule has 0 saturated carbocycles. The third kappa shape index (κ3) is 4.59. The number of pyridine rings is 1. The number of nitrogens with zero attached hydrogens (tertiary/aromatic N) is 2. The van der Waals surface area contributed by atoms with Crippen LogP contribution in [0.4, 0.5) is 10.5 Å². The number of rotatable bonds is 4. The minimum absolute atomic E-state index is 0.441. The lowest BCUT2D eigenvalue weighted by Crippen LogP contribution is -2.46. The van der Waals surface area contributed by atoms with Crippen molar-refractivity contribution in [1.29, 1.82) is 5.26 Å². The smallest absolute Gasteiger partial charge is 0.407 e. The van der Waals surface area contributed by atoms with E-state index in [0.717, 1.165) is 16.5 Å². The number of anilines is 1. The fraction of sp³-hybridized carbons (Fsp3) is 0.389. The average molecular weight is 326 g/mol. The molecule has 2 aromatic rings. The maximum absolute atomic E-state index is 11.9. The van der Waals surface area contributed by atoms with Gasteiger partial charge in [-0.1, -0.05) is 24.3 Å². The van der Waals surface area contributed by atoms with E-state index in [9.17, 15) is 10.1 Å². The molecule has 1 aromatic carbocycles. The summed E-state index contributed by atoms with van der Waals surface area (Å²) < 4.78 is 5.22. The first-order valence-electron chi connectivity index (χ1n) is 7.78. The molecule has 126 valence electrons. The topological polar surface area (TPSA) is 87.0 Å². The first-order valence-corrected chi connectivity index (χ1v) is 7.78. The standard InChI is InChI=1S/C18H22N4O2/c1-12(21-17(23)24-18(2,3)4)15(9-19)22-16-11-20-10-13-7-5-6-8-14(13)16/h5-8,10-12,15,22H,1-4H3,(H,21,23)/t12-,15?/m0/s1. The van der Waals surface area contributed by atoms with E-state index in [1.807, 2.05) is 24.3 Å². The number of nitrogens with one attached hydrogen (secondary N) is 2. The largest absolute Gasteiger partial charge is 0.444 e. The van der Waals surface area contributed by atoms with Gasteiger partial charge in [0.1, 0.15) is 11.6 Å². The third-order valence-electron chi connectivity index (χ3n) is 3.36. The second-order valence-corrected chi connectivity index (χ2v) is 6.59. The molecule has 0 radical (unpaired) electrons. The molecule has 0 aliphatic heterocycles. The zero-order valence-corrected chi connectivity index (χ0v) is 14.3. The molecular formula is C18H22N4O2. The molecule has 2 atom stereocenters. The molecule has 0 fully saturated rings. The number of alkyl carbamates (subject to hydrolysis) is 1.